The minimum atomic E-state index is 0.0939. The second-order valence-electron chi connectivity index (χ2n) is 5.10. The van der Waals surface area contributed by atoms with Gasteiger partial charge in [0.25, 0.3) is 0 Å². The van der Waals surface area contributed by atoms with Gasteiger partial charge < -0.3 is 4.57 Å². The van der Waals surface area contributed by atoms with Gasteiger partial charge in [-0.15, -0.1) is 0 Å². The number of nitrogens with zero attached hydrogens (tertiary/aromatic N) is 2. The summed E-state index contributed by atoms with van der Waals surface area (Å²) < 4.78 is 1.88. The highest BCUT2D eigenvalue weighted by Crippen LogP contribution is 2.26. The molecule has 106 valence electrons. The largest absolute Gasteiger partial charge is 0.357 e. The lowest BCUT2D eigenvalue weighted by Gasteiger charge is -2.25. The van der Waals surface area contributed by atoms with Gasteiger partial charge in [-0.25, -0.2) is 0 Å². The molecule has 0 bridgehead atoms. The Morgan fingerprint density at radius 1 is 1.35 bits per heavy atom. The summed E-state index contributed by atoms with van der Waals surface area (Å²) in [6.45, 7) is 2.43. The molecular weight excluding hydrogens is 272 g/mol. The smallest absolute Gasteiger partial charge is 0.178 e. The molecule has 0 fully saturated rings. The zero-order chi connectivity index (χ0) is 14.7. The standard InChI is InChI=1S/C16H19ClN2O/c1-12(14-6-4-5-7-15(14)17)19(3)11-16(20)13-8-9-18(2)10-13/h4-10,12H,11H2,1-3H3. The van der Waals surface area contributed by atoms with Gasteiger partial charge in [-0.05, 0) is 31.7 Å². The van der Waals surface area contributed by atoms with Gasteiger partial charge in [0.2, 0.25) is 0 Å². The number of ketones is 1. The fourth-order valence-corrected chi connectivity index (χ4v) is 2.47. The van der Waals surface area contributed by atoms with E-state index in [2.05, 4.69) is 6.92 Å². The van der Waals surface area contributed by atoms with Crippen molar-refractivity contribution in [2.24, 2.45) is 7.05 Å². The third kappa shape index (κ3) is 3.30. The maximum atomic E-state index is 12.2. The molecule has 0 saturated carbocycles. The number of rotatable bonds is 5. The van der Waals surface area contributed by atoms with Crippen LogP contribution in [0.15, 0.2) is 42.7 Å². The van der Waals surface area contributed by atoms with E-state index in [1.807, 2.05) is 66.3 Å². The number of carbonyl (C=O) groups excluding carboxylic acids is 1. The van der Waals surface area contributed by atoms with Crippen LogP contribution in [0, 0.1) is 0 Å². The molecule has 2 aromatic rings. The van der Waals surface area contributed by atoms with Crippen LogP contribution in [0.1, 0.15) is 28.9 Å². The van der Waals surface area contributed by atoms with E-state index in [0.29, 0.717) is 6.54 Å². The van der Waals surface area contributed by atoms with E-state index in [1.54, 1.807) is 0 Å². The molecule has 1 unspecified atom stereocenters. The third-order valence-electron chi connectivity index (χ3n) is 3.56. The minimum Gasteiger partial charge on any atom is -0.357 e. The number of aromatic nitrogens is 1. The van der Waals surface area contributed by atoms with Gasteiger partial charge in [-0.2, -0.15) is 0 Å². The van der Waals surface area contributed by atoms with Crippen molar-refractivity contribution in [1.29, 1.82) is 0 Å². The molecule has 0 spiro atoms. The van der Waals surface area contributed by atoms with E-state index in [0.717, 1.165) is 16.1 Å². The number of benzene rings is 1. The first-order valence-corrected chi connectivity index (χ1v) is 6.96. The number of aryl methyl sites for hydroxylation is 1. The third-order valence-corrected chi connectivity index (χ3v) is 3.91. The van der Waals surface area contributed by atoms with Crippen LogP contribution < -0.4 is 0 Å². The van der Waals surface area contributed by atoms with Gasteiger partial charge in [0.15, 0.2) is 5.78 Å². The maximum absolute atomic E-state index is 12.2. The molecule has 1 atom stereocenters. The lowest BCUT2D eigenvalue weighted by atomic mass is 10.1. The molecule has 3 nitrogen and oxygen atoms in total. The first kappa shape index (κ1) is 14.8. The van der Waals surface area contributed by atoms with Crippen LogP contribution >= 0.6 is 11.6 Å². The second kappa shape index (κ2) is 6.25. The lowest BCUT2D eigenvalue weighted by molar-refractivity contribution is 0.0925. The number of carbonyl (C=O) groups is 1. The van der Waals surface area contributed by atoms with Crippen molar-refractivity contribution in [3.05, 3.63) is 58.9 Å². The molecule has 0 aliphatic carbocycles. The summed E-state index contributed by atoms with van der Waals surface area (Å²) in [4.78, 5) is 14.2. The highest BCUT2D eigenvalue weighted by molar-refractivity contribution is 6.31. The zero-order valence-corrected chi connectivity index (χ0v) is 12.8. The minimum absolute atomic E-state index is 0.0939. The Kier molecular flexibility index (Phi) is 4.63. The molecule has 2 rings (SSSR count). The first-order chi connectivity index (χ1) is 9.49. The molecule has 0 saturated heterocycles. The van der Waals surface area contributed by atoms with Gasteiger partial charge in [0.05, 0.1) is 6.54 Å². The SMILES string of the molecule is CC(c1ccccc1Cl)N(C)CC(=O)c1ccn(C)c1. The number of likely N-dealkylation sites (N-methyl/N-ethyl adjacent to an activating group) is 1. The molecule has 1 heterocycles. The fraction of sp³-hybridized carbons (Fsp3) is 0.312. The summed E-state index contributed by atoms with van der Waals surface area (Å²) in [6.07, 6.45) is 3.72. The molecular formula is C16H19ClN2O. The number of halogens is 1. The molecule has 0 aliphatic rings. The summed E-state index contributed by atoms with van der Waals surface area (Å²) in [6, 6.07) is 9.68. The van der Waals surface area contributed by atoms with E-state index >= 15 is 0 Å². The van der Waals surface area contributed by atoms with Crippen molar-refractivity contribution in [2.45, 2.75) is 13.0 Å². The first-order valence-electron chi connectivity index (χ1n) is 6.59. The fourth-order valence-electron chi connectivity index (χ4n) is 2.17. The van der Waals surface area contributed by atoms with Crippen LogP contribution in [0.2, 0.25) is 5.02 Å². The van der Waals surface area contributed by atoms with E-state index < -0.39 is 0 Å². The molecule has 4 heteroatoms. The van der Waals surface area contributed by atoms with Crippen LogP contribution in [-0.4, -0.2) is 28.8 Å². The summed E-state index contributed by atoms with van der Waals surface area (Å²) in [5.41, 5.74) is 1.78. The quantitative estimate of drug-likeness (QED) is 0.787. The molecule has 0 radical (unpaired) electrons. The van der Waals surface area contributed by atoms with Crippen molar-refractivity contribution in [3.63, 3.8) is 0 Å². The molecule has 0 amide bonds. The molecule has 20 heavy (non-hydrogen) atoms. The van der Waals surface area contributed by atoms with Gasteiger partial charge >= 0.3 is 0 Å². The molecule has 0 aliphatic heterocycles. The van der Waals surface area contributed by atoms with Crippen LogP contribution in [0.4, 0.5) is 0 Å². The van der Waals surface area contributed by atoms with Crippen molar-refractivity contribution in [2.75, 3.05) is 13.6 Å². The highest BCUT2D eigenvalue weighted by atomic mass is 35.5. The Morgan fingerprint density at radius 2 is 2.05 bits per heavy atom. The van der Waals surface area contributed by atoms with Crippen molar-refractivity contribution < 1.29 is 4.79 Å². The predicted octanol–water partition coefficient (Wildman–Crippen LogP) is 3.55. The Hall–Kier alpha value is -1.58. The zero-order valence-electron chi connectivity index (χ0n) is 12.0. The van der Waals surface area contributed by atoms with E-state index in [4.69, 9.17) is 11.6 Å². The van der Waals surface area contributed by atoms with Crippen LogP contribution in [0.25, 0.3) is 0 Å². The van der Waals surface area contributed by atoms with E-state index in [1.165, 1.54) is 0 Å². The van der Waals surface area contributed by atoms with Gasteiger partial charge in [0.1, 0.15) is 0 Å². The van der Waals surface area contributed by atoms with Crippen molar-refractivity contribution >= 4 is 17.4 Å². The topological polar surface area (TPSA) is 25.2 Å². The highest BCUT2D eigenvalue weighted by Gasteiger charge is 2.18. The van der Waals surface area contributed by atoms with Gasteiger partial charge in [-0.3, -0.25) is 9.69 Å². The summed E-state index contributed by atoms with van der Waals surface area (Å²) in [5.74, 6) is 0.118. The molecule has 1 aromatic carbocycles. The normalized spacial score (nSPS) is 12.7. The Morgan fingerprint density at radius 3 is 2.65 bits per heavy atom. The summed E-state index contributed by atoms with van der Waals surface area (Å²) in [5, 5.41) is 0.735. The van der Waals surface area contributed by atoms with Gasteiger partial charge in [0, 0.05) is 36.1 Å². The van der Waals surface area contributed by atoms with E-state index in [9.17, 15) is 4.79 Å². The number of hydrogen-bond acceptors (Lipinski definition) is 2. The average Bonchev–Trinajstić information content (AvgIpc) is 2.85. The lowest BCUT2D eigenvalue weighted by Crippen LogP contribution is -2.28. The van der Waals surface area contributed by atoms with Crippen molar-refractivity contribution in [3.8, 4) is 0 Å². The van der Waals surface area contributed by atoms with Gasteiger partial charge in [-0.1, -0.05) is 29.8 Å². The maximum Gasteiger partial charge on any atom is 0.178 e. The predicted molar refractivity (Wildman–Crippen MR) is 82.2 cm³/mol. The van der Waals surface area contributed by atoms with E-state index in [-0.39, 0.29) is 11.8 Å². The summed E-state index contributed by atoms with van der Waals surface area (Å²) >= 11 is 6.21. The number of Topliss-reactive ketones (excluding diaryl/α,β-unsaturated/α-hetero) is 1. The number of hydrogen-bond donors (Lipinski definition) is 0. The summed E-state index contributed by atoms with van der Waals surface area (Å²) in [7, 11) is 3.85. The van der Waals surface area contributed by atoms with Crippen LogP contribution in [0.3, 0.4) is 0 Å². The molecule has 1 aromatic heterocycles. The Labute approximate surface area is 124 Å². The Balaban J connectivity index is 2.06. The van der Waals surface area contributed by atoms with Crippen LogP contribution in [-0.2, 0) is 7.05 Å². The second-order valence-corrected chi connectivity index (χ2v) is 5.51. The van der Waals surface area contributed by atoms with Crippen LogP contribution in [0.5, 0.6) is 0 Å². The monoisotopic (exact) mass is 290 g/mol. The average molecular weight is 291 g/mol. The molecule has 0 N–H and O–H groups in total. The van der Waals surface area contributed by atoms with Crippen molar-refractivity contribution in [1.82, 2.24) is 9.47 Å². The Bertz CT molecular complexity index is 606.